The van der Waals surface area contributed by atoms with Gasteiger partial charge in [-0.15, -0.1) is 0 Å². The maximum absolute atomic E-state index is 12.5. The summed E-state index contributed by atoms with van der Waals surface area (Å²) in [7, 11) is 0. The summed E-state index contributed by atoms with van der Waals surface area (Å²) < 4.78 is 0. The SMILES string of the molecule is O=C1CC2(CCCC2)CC(=O)N1CCCCN1CCc2ccc(Cl)cc2C1. The van der Waals surface area contributed by atoms with Gasteiger partial charge in [-0.25, -0.2) is 0 Å². The summed E-state index contributed by atoms with van der Waals surface area (Å²) in [5.41, 5.74) is 2.74. The van der Waals surface area contributed by atoms with Crippen LogP contribution in [-0.4, -0.2) is 41.2 Å². The van der Waals surface area contributed by atoms with E-state index in [0.717, 1.165) is 56.8 Å². The minimum absolute atomic E-state index is 0.00708. The fourth-order valence-corrected chi connectivity index (χ4v) is 5.34. The fraction of sp³-hybridized carbons (Fsp3) is 0.636. The Morgan fingerprint density at radius 2 is 1.67 bits per heavy atom. The highest BCUT2D eigenvalue weighted by molar-refractivity contribution is 6.30. The third-order valence-electron chi connectivity index (χ3n) is 6.68. The van der Waals surface area contributed by atoms with E-state index in [1.54, 1.807) is 0 Å². The molecule has 1 aromatic carbocycles. The van der Waals surface area contributed by atoms with E-state index in [1.165, 1.54) is 28.9 Å². The number of hydrogen-bond acceptors (Lipinski definition) is 3. The van der Waals surface area contributed by atoms with Gasteiger partial charge in [-0.3, -0.25) is 19.4 Å². The predicted molar refractivity (Wildman–Crippen MR) is 107 cm³/mol. The average molecular weight is 389 g/mol. The van der Waals surface area contributed by atoms with Crippen molar-refractivity contribution in [3.05, 3.63) is 34.3 Å². The third kappa shape index (κ3) is 4.22. The van der Waals surface area contributed by atoms with E-state index in [4.69, 9.17) is 11.6 Å². The molecule has 27 heavy (non-hydrogen) atoms. The standard InChI is InChI=1S/C22H29ClN2O2/c23-19-6-5-17-7-12-24(16-18(17)13-19)10-3-4-11-25-20(26)14-22(15-21(25)27)8-1-2-9-22/h5-6,13H,1-4,7-12,14-16H2. The molecule has 1 saturated heterocycles. The van der Waals surface area contributed by atoms with Gasteiger partial charge in [0, 0.05) is 37.5 Å². The van der Waals surface area contributed by atoms with Gasteiger partial charge in [-0.05, 0) is 67.3 Å². The van der Waals surface area contributed by atoms with Crippen molar-refractivity contribution >= 4 is 23.4 Å². The molecule has 1 aliphatic carbocycles. The summed E-state index contributed by atoms with van der Waals surface area (Å²) in [4.78, 5) is 29.0. The van der Waals surface area contributed by atoms with Crippen molar-refractivity contribution in [2.45, 2.75) is 64.3 Å². The zero-order valence-corrected chi connectivity index (χ0v) is 16.8. The lowest BCUT2D eigenvalue weighted by Crippen LogP contribution is -2.47. The van der Waals surface area contributed by atoms with Crippen molar-refractivity contribution in [2.75, 3.05) is 19.6 Å². The molecule has 0 radical (unpaired) electrons. The molecule has 0 unspecified atom stereocenters. The third-order valence-corrected chi connectivity index (χ3v) is 6.92. The normalized spacial score (nSPS) is 22.5. The number of halogens is 1. The molecular weight excluding hydrogens is 360 g/mol. The molecule has 1 spiro atoms. The maximum atomic E-state index is 12.5. The van der Waals surface area contributed by atoms with Gasteiger partial charge in [0.15, 0.2) is 0 Å². The van der Waals surface area contributed by atoms with Crippen LogP contribution in [0.2, 0.25) is 5.02 Å². The van der Waals surface area contributed by atoms with E-state index in [9.17, 15) is 9.59 Å². The number of amides is 2. The van der Waals surface area contributed by atoms with Gasteiger partial charge < -0.3 is 0 Å². The quantitative estimate of drug-likeness (QED) is 0.561. The van der Waals surface area contributed by atoms with Gasteiger partial charge in [0.2, 0.25) is 11.8 Å². The van der Waals surface area contributed by atoms with Crippen LogP contribution < -0.4 is 0 Å². The lowest BCUT2D eigenvalue weighted by atomic mass is 9.76. The first-order valence-electron chi connectivity index (χ1n) is 10.4. The number of nitrogens with zero attached hydrogens (tertiary/aromatic N) is 2. The Balaban J connectivity index is 1.22. The van der Waals surface area contributed by atoms with Crippen molar-refractivity contribution in [3.8, 4) is 0 Å². The summed E-state index contributed by atoms with van der Waals surface area (Å²) in [6.45, 7) is 3.61. The van der Waals surface area contributed by atoms with Crippen molar-refractivity contribution < 1.29 is 9.59 Å². The molecule has 2 amide bonds. The van der Waals surface area contributed by atoms with Crippen molar-refractivity contribution in [3.63, 3.8) is 0 Å². The highest BCUT2D eigenvalue weighted by Crippen LogP contribution is 2.46. The number of piperidine rings is 1. The maximum Gasteiger partial charge on any atom is 0.229 e. The Morgan fingerprint density at radius 3 is 2.41 bits per heavy atom. The van der Waals surface area contributed by atoms with Gasteiger partial charge >= 0.3 is 0 Å². The first-order chi connectivity index (χ1) is 13.0. The highest BCUT2D eigenvalue weighted by atomic mass is 35.5. The molecule has 2 heterocycles. The Hall–Kier alpha value is -1.39. The predicted octanol–water partition coefficient (Wildman–Crippen LogP) is 4.19. The number of carbonyl (C=O) groups is 2. The molecule has 1 aromatic rings. The molecule has 1 saturated carbocycles. The molecule has 5 heteroatoms. The number of imide groups is 1. The van der Waals surface area contributed by atoms with E-state index in [-0.39, 0.29) is 17.2 Å². The number of likely N-dealkylation sites (tertiary alicyclic amines) is 1. The van der Waals surface area contributed by atoms with Crippen LogP contribution in [0.25, 0.3) is 0 Å². The molecule has 146 valence electrons. The van der Waals surface area contributed by atoms with Crippen molar-refractivity contribution in [2.24, 2.45) is 5.41 Å². The van der Waals surface area contributed by atoms with Crippen LogP contribution in [-0.2, 0) is 22.6 Å². The molecule has 2 aliphatic heterocycles. The Labute approximate surface area is 166 Å². The molecule has 2 fully saturated rings. The second-order valence-electron chi connectivity index (χ2n) is 8.65. The zero-order chi connectivity index (χ0) is 18.9. The minimum atomic E-state index is 0.00708. The largest absolute Gasteiger partial charge is 0.299 e. The van der Waals surface area contributed by atoms with Crippen LogP contribution in [0.4, 0.5) is 0 Å². The first-order valence-corrected chi connectivity index (χ1v) is 10.8. The molecular formula is C22H29ClN2O2. The highest BCUT2D eigenvalue weighted by Gasteiger charge is 2.44. The smallest absolute Gasteiger partial charge is 0.229 e. The Bertz CT molecular complexity index is 707. The second-order valence-corrected chi connectivity index (χ2v) is 9.08. The summed E-state index contributed by atoms with van der Waals surface area (Å²) >= 11 is 6.12. The number of fused-ring (bicyclic) bond motifs is 1. The lowest BCUT2D eigenvalue weighted by molar-refractivity contribution is -0.153. The molecule has 3 aliphatic rings. The number of rotatable bonds is 5. The number of carbonyl (C=O) groups excluding carboxylic acids is 2. The van der Waals surface area contributed by atoms with Crippen LogP contribution in [0.15, 0.2) is 18.2 Å². The van der Waals surface area contributed by atoms with Gasteiger partial charge in [0.25, 0.3) is 0 Å². The molecule has 0 atom stereocenters. The number of unbranched alkanes of at least 4 members (excludes halogenated alkanes) is 1. The Morgan fingerprint density at radius 1 is 0.963 bits per heavy atom. The summed E-state index contributed by atoms with van der Waals surface area (Å²) in [5.74, 6) is 0.129. The van der Waals surface area contributed by atoms with Crippen LogP contribution in [0.3, 0.4) is 0 Å². The minimum Gasteiger partial charge on any atom is -0.299 e. The van der Waals surface area contributed by atoms with Crippen molar-refractivity contribution in [1.29, 1.82) is 0 Å². The van der Waals surface area contributed by atoms with Gasteiger partial charge in [0.1, 0.15) is 0 Å². The number of benzene rings is 1. The monoisotopic (exact) mass is 388 g/mol. The van der Waals surface area contributed by atoms with Crippen LogP contribution in [0.1, 0.15) is 62.5 Å². The lowest BCUT2D eigenvalue weighted by Gasteiger charge is -2.37. The summed E-state index contributed by atoms with van der Waals surface area (Å²) in [5, 5.41) is 0.803. The van der Waals surface area contributed by atoms with Crippen LogP contribution >= 0.6 is 11.6 Å². The molecule has 4 rings (SSSR count). The summed E-state index contributed by atoms with van der Waals surface area (Å²) in [6, 6.07) is 6.19. The topological polar surface area (TPSA) is 40.6 Å². The Kier molecular flexibility index (Phi) is 5.56. The molecule has 0 N–H and O–H groups in total. The van der Waals surface area contributed by atoms with E-state index >= 15 is 0 Å². The second kappa shape index (κ2) is 7.92. The van der Waals surface area contributed by atoms with Crippen LogP contribution in [0.5, 0.6) is 0 Å². The fourth-order valence-electron chi connectivity index (χ4n) is 5.14. The van der Waals surface area contributed by atoms with Crippen LogP contribution in [0, 0.1) is 5.41 Å². The van der Waals surface area contributed by atoms with Gasteiger partial charge in [0.05, 0.1) is 0 Å². The molecule has 0 aromatic heterocycles. The van der Waals surface area contributed by atoms with E-state index in [1.807, 2.05) is 6.07 Å². The molecule has 0 bridgehead atoms. The zero-order valence-electron chi connectivity index (χ0n) is 16.0. The van der Waals surface area contributed by atoms with Gasteiger partial charge in [-0.1, -0.05) is 30.5 Å². The summed E-state index contributed by atoms with van der Waals surface area (Å²) in [6.07, 6.45) is 8.59. The number of hydrogen-bond donors (Lipinski definition) is 0. The first kappa shape index (κ1) is 18.9. The average Bonchev–Trinajstić information content (AvgIpc) is 3.07. The van der Waals surface area contributed by atoms with E-state index < -0.39 is 0 Å². The van der Waals surface area contributed by atoms with E-state index in [0.29, 0.717) is 19.4 Å². The molecule has 4 nitrogen and oxygen atoms in total. The van der Waals surface area contributed by atoms with Gasteiger partial charge in [-0.2, -0.15) is 0 Å². The van der Waals surface area contributed by atoms with E-state index in [2.05, 4.69) is 17.0 Å². The van der Waals surface area contributed by atoms with Crippen molar-refractivity contribution in [1.82, 2.24) is 9.80 Å².